The van der Waals surface area contributed by atoms with Crippen LogP contribution in [0.4, 0.5) is 0 Å². The summed E-state index contributed by atoms with van der Waals surface area (Å²) in [6, 6.07) is 0. The van der Waals surface area contributed by atoms with Crippen molar-refractivity contribution in [2.24, 2.45) is 0 Å². The van der Waals surface area contributed by atoms with Gasteiger partial charge in [0.1, 0.15) is 12.7 Å². The third kappa shape index (κ3) is 44.6. The number of allylic oxidation sites excluding steroid dienone is 8. The second-order valence-corrected chi connectivity index (χ2v) is 18.4. The molecular formula is C52H93O11P. The van der Waals surface area contributed by atoms with E-state index in [1.807, 2.05) is 0 Å². The SMILES string of the molecule is CC/C=C\C/C=C\C/C=C\CCCCCC(=O)OCC(COP(=O)(O)OCC(CO)OC(=O)CCCCCCC/C=C\CCCC)OC(=O)CCCCCCCCCCCCCCC. The molecule has 0 aromatic rings. The van der Waals surface area contributed by atoms with E-state index in [0.29, 0.717) is 19.3 Å². The van der Waals surface area contributed by atoms with Gasteiger partial charge in [-0.2, -0.15) is 0 Å². The molecule has 0 aromatic heterocycles. The molecule has 0 aliphatic heterocycles. The van der Waals surface area contributed by atoms with Crippen molar-refractivity contribution >= 4 is 25.7 Å². The van der Waals surface area contributed by atoms with Crippen LogP contribution in [-0.4, -0.2) is 66.5 Å². The maximum Gasteiger partial charge on any atom is 0.472 e. The zero-order valence-corrected chi connectivity index (χ0v) is 41.6. The molecule has 0 aromatic carbocycles. The Hall–Kier alpha value is -2.56. The molecule has 0 aliphatic rings. The number of phosphoric ester groups is 1. The zero-order chi connectivity index (χ0) is 47.0. The van der Waals surface area contributed by atoms with Gasteiger partial charge in [-0.1, -0.05) is 185 Å². The van der Waals surface area contributed by atoms with Gasteiger partial charge in [0.05, 0.1) is 19.8 Å². The summed E-state index contributed by atoms with van der Waals surface area (Å²) in [7, 11) is -4.74. The third-order valence-corrected chi connectivity index (χ3v) is 11.7. The van der Waals surface area contributed by atoms with E-state index in [2.05, 4.69) is 69.4 Å². The van der Waals surface area contributed by atoms with Gasteiger partial charge in [0, 0.05) is 19.3 Å². The number of hydrogen-bond acceptors (Lipinski definition) is 10. The monoisotopic (exact) mass is 925 g/mol. The fraction of sp³-hybridized carbons (Fsp3) is 0.788. The molecule has 11 nitrogen and oxygen atoms in total. The molecule has 2 N–H and O–H groups in total. The maximum atomic E-state index is 12.8. The molecule has 0 heterocycles. The Morgan fingerprint density at radius 3 is 1.33 bits per heavy atom. The second-order valence-electron chi connectivity index (χ2n) is 17.0. The standard InChI is InChI=1S/C52H93O11P/c1-4-7-10-13-16-19-22-24-27-29-32-35-38-41-50(54)59-45-49(63-52(56)43-40-37-34-31-28-25-23-20-17-14-11-8-5-2)47-61-64(57,58)60-46-48(44-53)62-51(55)42-39-36-33-30-26-21-18-15-12-9-6-3/h7,10,15-16,18-19,24,27,48-49,53H,4-6,8-9,11-14,17,20-23,25-26,28-47H2,1-3H3,(H,57,58)/b10-7-,18-15-,19-16-,27-24-. The predicted octanol–water partition coefficient (Wildman–Crippen LogP) is 14.2. The molecule has 372 valence electrons. The minimum atomic E-state index is -4.74. The first-order valence-electron chi connectivity index (χ1n) is 25.5. The lowest BCUT2D eigenvalue weighted by molar-refractivity contribution is -0.161. The quantitative estimate of drug-likeness (QED) is 0.0197. The first-order chi connectivity index (χ1) is 31.2. The number of rotatable bonds is 47. The molecule has 0 aliphatic carbocycles. The van der Waals surface area contributed by atoms with E-state index in [0.717, 1.165) is 96.3 Å². The number of phosphoric acid groups is 1. The Labute approximate surface area is 390 Å². The van der Waals surface area contributed by atoms with Crippen LogP contribution < -0.4 is 0 Å². The molecule has 0 amide bonds. The Morgan fingerprint density at radius 2 is 0.828 bits per heavy atom. The largest absolute Gasteiger partial charge is 0.472 e. The van der Waals surface area contributed by atoms with Crippen molar-refractivity contribution in [3.05, 3.63) is 48.6 Å². The van der Waals surface area contributed by atoms with E-state index in [1.54, 1.807) is 0 Å². The topological polar surface area (TPSA) is 155 Å². The smallest absolute Gasteiger partial charge is 0.462 e. The highest BCUT2D eigenvalue weighted by Crippen LogP contribution is 2.43. The average Bonchev–Trinajstić information content (AvgIpc) is 3.28. The van der Waals surface area contributed by atoms with Crippen LogP contribution in [0, 0.1) is 0 Å². The first kappa shape index (κ1) is 61.4. The van der Waals surface area contributed by atoms with Crippen molar-refractivity contribution in [2.45, 2.75) is 238 Å². The fourth-order valence-corrected chi connectivity index (χ4v) is 7.61. The van der Waals surface area contributed by atoms with Gasteiger partial charge in [0.15, 0.2) is 6.10 Å². The molecule has 0 saturated heterocycles. The molecule has 0 saturated carbocycles. The number of unbranched alkanes of at least 4 members (excludes halogenated alkanes) is 22. The minimum absolute atomic E-state index is 0.164. The van der Waals surface area contributed by atoms with Crippen LogP contribution in [0.5, 0.6) is 0 Å². The fourth-order valence-electron chi connectivity index (χ4n) is 6.82. The summed E-state index contributed by atoms with van der Waals surface area (Å²) in [4.78, 5) is 48.2. The molecule has 3 atom stereocenters. The summed E-state index contributed by atoms with van der Waals surface area (Å²) in [5.74, 6) is -1.50. The number of hydrogen-bond donors (Lipinski definition) is 2. The molecule has 3 unspecified atom stereocenters. The van der Waals surface area contributed by atoms with Crippen LogP contribution >= 0.6 is 7.82 Å². The van der Waals surface area contributed by atoms with Gasteiger partial charge in [-0.25, -0.2) is 4.57 Å². The van der Waals surface area contributed by atoms with E-state index in [9.17, 15) is 28.9 Å². The Balaban J connectivity index is 4.78. The molecule has 0 spiro atoms. The summed E-state index contributed by atoms with van der Waals surface area (Å²) in [5, 5.41) is 9.75. The molecule has 0 fully saturated rings. The first-order valence-corrected chi connectivity index (χ1v) is 27.0. The van der Waals surface area contributed by atoms with Crippen molar-refractivity contribution in [2.75, 3.05) is 26.4 Å². The number of ether oxygens (including phenoxy) is 3. The lowest BCUT2D eigenvalue weighted by atomic mass is 10.0. The predicted molar refractivity (Wildman–Crippen MR) is 261 cm³/mol. The number of aliphatic hydroxyl groups is 1. The highest BCUT2D eigenvalue weighted by atomic mass is 31.2. The third-order valence-electron chi connectivity index (χ3n) is 10.7. The summed E-state index contributed by atoms with van der Waals surface area (Å²) in [5.41, 5.74) is 0. The molecule has 12 heteroatoms. The molecule has 0 rings (SSSR count). The van der Waals surface area contributed by atoms with E-state index in [-0.39, 0.29) is 25.9 Å². The van der Waals surface area contributed by atoms with E-state index in [4.69, 9.17) is 23.3 Å². The summed E-state index contributed by atoms with van der Waals surface area (Å²) in [6.07, 6.45) is 46.6. The van der Waals surface area contributed by atoms with Crippen LogP contribution in [0.2, 0.25) is 0 Å². The van der Waals surface area contributed by atoms with Gasteiger partial charge in [-0.15, -0.1) is 0 Å². The molecule has 0 radical (unpaired) electrons. The van der Waals surface area contributed by atoms with Crippen molar-refractivity contribution < 1.29 is 52.2 Å². The Kier molecular flexibility index (Phi) is 45.1. The van der Waals surface area contributed by atoms with Crippen molar-refractivity contribution in [1.82, 2.24) is 0 Å². The van der Waals surface area contributed by atoms with Crippen molar-refractivity contribution in [3.8, 4) is 0 Å². The summed E-state index contributed by atoms with van der Waals surface area (Å²) >= 11 is 0. The molecule has 0 bridgehead atoms. The van der Waals surface area contributed by atoms with Gasteiger partial charge in [-0.3, -0.25) is 23.4 Å². The van der Waals surface area contributed by atoms with Gasteiger partial charge < -0.3 is 24.2 Å². The normalized spacial score (nSPS) is 13.9. The number of carbonyl (C=O) groups is 3. The van der Waals surface area contributed by atoms with E-state index < -0.39 is 57.8 Å². The van der Waals surface area contributed by atoms with Crippen LogP contribution in [0.25, 0.3) is 0 Å². The second kappa shape index (κ2) is 47.0. The van der Waals surface area contributed by atoms with Gasteiger partial charge in [0.2, 0.25) is 0 Å². The number of carbonyl (C=O) groups excluding carboxylic acids is 3. The average molecular weight is 925 g/mol. The van der Waals surface area contributed by atoms with Crippen LogP contribution in [0.15, 0.2) is 48.6 Å². The van der Waals surface area contributed by atoms with Gasteiger partial charge >= 0.3 is 25.7 Å². The Morgan fingerprint density at radius 1 is 0.453 bits per heavy atom. The van der Waals surface area contributed by atoms with Gasteiger partial charge in [0.25, 0.3) is 0 Å². The maximum absolute atomic E-state index is 12.8. The highest BCUT2D eigenvalue weighted by Gasteiger charge is 2.28. The molecule has 64 heavy (non-hydrogen) atoms. The highest BCUT2D eigenvalue weighted by molar-refractivity contribution is 7.47. The van der Waals surface area contributed by atoms with E-state index >= 15 is 0 Å². The molecular weight excluding hydrogens is 832 g/mol. The number of aliphatic hydroxyl groups excluding tert-OH is 1. The minimum Gasteiger partial charge on any atom is -0.462 e. The zero-order valence-electron chi connectivity index (χ0n) is 40.7. The van der Waals surface area contributed by atoms with Gasteiger partial charge in [-0.05, 0) is 70.6 Å². The van der Waals surface area contributed by atoms with Crippen molar-refractivity contribution in [1.29, 1.82) is 0 Å². The lowest BCUT2D eigenvalue weighted by Crippen LogP contribution is -2.30. The summed E-state index contributed by atoms with van der Waals surface area (Å²) in [6.45, 7) is 4.44. The number of esters is 3. The summed E-state index contributed by atoms with van der Waals surface area (Å²) < 4.78 is 39.3. The van der Waals surface area contributed by atoms with Crippen LogP contribution in [-0.2, 0) is 42.2 Å². The lowest BCUT2D eigenvalue weighted by Gasteiger charge is -2.21. The van der Waals surface area contributed by atoms with Crippen molar-refractivity contribution in [3.63, 3.8) is 0 Å². The van der Waals surface area contributed by atoms with E-state index in [1.165, 1.54) is 70.6 Å². The Bertz CT molecular complexity index is 1260. The van der Waals surface area contributed by atoms with Crippen LogP contribution in [0.1, 0.15) is 226 Å². The van der Waals surface area contributed by atoms with Crippen LogP contribution in [0.3, 0.4) is 0 Å².